The van der Waals surface area contributed by atoms with Gasteiger partial charge in [-0.05, 0) is 61.3 Å². The van der Waals surface area contributed by atoms with Crippen LogP contribution < -0.4 is 10.0 Å². The van der Waals surface area contributed by atoms with Crippen molar-refractivity contribution in [2.24, 2.45) is 5.92 Å². The van der Waals surface area contributed by atoms with Crippen LogP contribution in [0.2, 0.25) is 4.34 Å². The van der Waals surface area contributed by atoms with E-state index in [2.05, 4.69) is 70.5 Å². The monoisotopic (exact) mass is 636 g/mol. The Labute approximate surface area is 263 Å². The summed E-state index contributed by atoms with van der Waals surface area (Å²) in [5, 5.41) is 3.48. The van der Waals surface area contributed by atoms with Crippen LogP contribution in [0.5, 0.6) is 0 Å². The summed E-state index contributed by atoms with van der Waals surface area (Å²) in [4.78, 5) is 20.5. The van der Waals surface area contributed by atoms with E-state index in [1.165, 1.54) is 22.5 Å². The molecule has 10 heteroatoms. The van der Waals surface area contributed by atoms with Gasteiger partial charge in [0.05, 0.1) is 6.26 Å². The smallest absolute Gasteiger partial charge is 0.321 e. The number of halogens is 1. The number of carbonyl (C=O) groups excluding carboxylic acids is 1. The lowest BCUT2D eigenvalue weighted by Gasteiger charge is -2.37. The van der Waals surface area contributed by atoms with E-state index in [0.29, 0.717) is 33.3 Å². The zero-order valence-electron chi connectivity index (χ0n) is 24.4. The quantitative estimate of drug-likeness (QED) is 0.183. The Bertz CT molecular complexity index is 1570. The highest BCUT2D eigenvalue weighted by atomic mass is 35.5. The zero-order valence-corrected chi connectivity index (χ0v) is 26.8. The van der Waals surface area contributed by atoms with E-state index >= 15 is 0 Å². The number of hydrogen-bond acceptors (Lipinski definition) is 5. The van der Waals surface area contributed by atoms with Gasteiger partial charge in [0, 0.05) is 29.8 Å². The minimum absolute atomic E-state index is 0.160. The van der Waals surface area contributed by atoms with Crippen molar-refractivity contribution in [3.63, 3.8) is 0 Å². The standard InChI is InChI=1S/C33H37ClN4O3S2/c1-23-13-19-28(20-14-23)38(22-21-29(24-9-5-3-6-10-24)25-11-7-4-8-12-25)33(39)36-32-35-30(31(34)42-32)26-15-17-27(18-16-26)37-43(2,40)41/h3-12,15-18,23,28-29,37H,13-14,19-22H2,1-2H3,(H,35,36,39). The summed E-state index contributed by atoms with van der Waals surface area (Å²) in [5.74, 6) is 0.836. The second-order valence-electron chi connectivity index (χ2n) is 11.3. The predicted molar refractivity (Wildman–Crippen MR) is 178 cm³/mol. The van der Waals surface area contributed by atoms with Crippen LogP contribution >= 0.6 is 22.9 Å². The Balaban J connectivity index is 1.34. The Kier molecular flexibility index (Phi) is 10.1. The van der Waals surface area contributed by atoms with Crippen molar-refractivity contribution in [3.8, 4) is 11.3 Å². The number of urea groups is 1. The molecule has 1 aliphatic rings. The Morgan fingerprint density at radius 2 is 1.53 bits per heavy atom. The molecule has 0 radical (unpaired) electrons. The summed E-state index contributed by atoms with van der Waals surface area (Å²) in [6.45, 7) is 2.89. The van der Waals surface area contributed by atoms with E-state index in [1.807, 2.05) is 17.0 Å². The molecule has 1 aliphatic carbocycles. The molecule has 4 aromatic rings. The van der Waals surface area contributed by atoms with E-state index in [0.717, 1.165) is 43.9 Å². The highest BCUT2D eigenvalue weighted by Crippen LogP contribution is 2.37. The summed E-state index contributed by atoms with van der Waals surface area (Å²) in [6.07, 6.45) is 6.07. The van der Waals surface area contributed by atoms with Crippen LogP contribution in [-0.4, -0.2) is 43.2 Å². The molecule has 7 nitrogen and oxygen atoms in total. The Morgan fingerprint density at radius 3 is 2.09 bits per heavy atom. The molecule has 1 fully saturated rings. The van der Waals surface area contributed by atoms with Gasteiger partial charge in [-0.15, -0.1) is 0 Å². The van der Waals surface area contributed by atoms with Crippen LogP contribution in [0.3, 0.4) is 0 Å². The molecule has 0 spiro atoms. The van der Waals surface area contributed by atoms with Crippen LogP contribution in [0.25, 0.3) is 11.3 Å². The number of nitrogens with zero attached hydrogens (tertiary/aromatic N) is 2. The van der Waals surface area contributed by atoms with Gasteiger partial charge >= 0.3 is 6.03 Å². The third-order valence-electron chi connectivity index (χ3n) is 8.01. The molecule has 43 heavy (non-hydrogen) atoms. The number of nitrogens with one attached hydrogen (secondary N) is 2. The molecular formula is C33H37ClN4O3S2. The van der Waals surface area contributed by atoms with Crippen molar-refractivity contribution in [3.05, 3.63) is 100 Å². The average molecular weight is 637 g/mol. The van der Waals surface area contributed by atoms with Crippen molar-refractivity contribution in [1.82, 2.24) is 9.88 Å². The minimum atomic E-state index is -3.38. The fourth-order valence-electron chi connectivity index (χ4n) is 5.78. The first-order valence-corrected chi connectivity index (χ1v) is 17.7. The third kappa shape index (κ3) is 8.37. The summed E-state index contributed by atoms with van der Waals surface area (Å²) in [6, 6.07) is 27.8. The summed E-state index contributed by atoms with van der Waals surface area (Å²) < 4.78 is 26.0. The Morgan fingerprint density at radius 1 is 0.953 bits per heavy atom. The lowest BCUT2D eigenvalue weighted by Crippen LogP contribution is -2.45. The molecule has 226 valence electrons. The molecule has 1 heterocycles. The molecule has 0 saturated heterocycles. The number of rotatable bonds is 10. The Hall–Kier alpha value is -3.40. The highest BCUT2D eigenvalue weighted by molar-refractivity contribution is 7.92. The number of benzene rings is 3. The van der Waals surface area contributed by atoms with Crippen molar-refractivity contribution in [1.29, 1.82) is 0 Å². The lowest BCUT2D eigenvalue weighted by atomic mass is 9.85. The van der Waals surface area contributed by atoms with Crippen LogP contribution in [-0.2, 0) is 10.0 Å². The van der Waals surface area contributed by atoms with Crippen LogP contribution in [0.4, 0.5) is 15.6 Å². The van der Waals surface area contributed by atoms with Crippen molar-refractivity contribution in [2.45, 2.75) is 51.0 Å². The van der Waals surface area contributed by atoms with Gasteiger partial charge in [0.15, 0.2) is 5.13 Å². The van der Waals surface area contributed by atoms with Gasteiger partial charge < -0.3 is 4.90 Å². The van der Waals surface area contributed by atoms with Crippen LogP contribution in [0.15, 0.2) is 84.9 Å². The average Bonchev–Trinajstić information content (AvgIpc) is 3.36. The summed E-state index contributed by atoms with van der Waals surface area (Å²) >= 11 is 7.79. The predicted octanol–water partition coefficient (Wildman–Crippen LogP) is 8.47. The number of anilines is 2. The SMILES string of the molecule is CC1CCC(N(CCC(c2ccccc2)c2ccccc2)C(=O)Nc2nc(-c3ccc(NS(C)(=O)=O)cc3)c(Cl)s2)CC1. The van der Waals surface area contributed by atoms with E-state index in [9.17, 15) is 13.2 Å². The van der Waals surface area contributed by atoms with E-state index in [1.54, 1.807) is 24.3 Å². The maximum Gasteiger partial charge on any atom is 0.323 e. The first-order chi connectivity index (χ1) is 20.7. The summed E-state index contributed by atoms with van der Waals surface area (Å²) in [7, 11) is -3.38. The van der Waals surface area contributed by atoms with Gasteiger partial charge in [0.25, 0.3) is 0 Å². The van der Waals surface area contributed by atoms with Gasteiger partial charge in [-0.25, -0.2) is 18.2 Å². The lowest BCUT2D eigenvalue weighted by molar-refractivity contribution is 0.154. The number of sulfonamides is 1. The molecule has 0 unspecified atom stereocenters. The van der Waals surface area contributed by atoms with Gasteiger partial charge in [0.2, 0.25) is 10.0 Å². The van der Waals surface area contributed by atoms with Gasteiger partial charge in [-0.1, -0.05) is 103 Å². The molecule has 0 atom stereocenters. The highest BCUT2D eigenvalue weighted by Gasteiger charge is 2.29. The fraction of sp³-hybridized carbons (Fsp3) is 0.333. The van der Waals surface area contributed by atoms with Crippen molar-refractivity contribution >= 4 is 49.8 Å². The molecule has 0 aliphatic heterocycles. The molecule has 0 bridgehead atoms. The molecule has 2 N–H and O–H groups in total. The molecule has 5 rings (SSSR count). The molecule has 3 aromatic carbocycles. The molecular weight excluding hydrogens is 600 g/mol. The largest absolute Gasteiger partial charge is 0.323 e. The minimum Gasteiger partial charge on any atom is -0.321 e. The van der Waals surface area contributed by atoms with E-state index < -0.39 is 10.0 Å². The van der Waals surface area contributed by atoms with Gasteiger partial charge in [0.1, 0.15) is 10.0 Å². The van der Waals surface area contributed by atoms with Gasteiger partial charge in [-0.2, -0.15) is 0 Å². The first kappa shape index (κ1) is 31.0. The normalized spacial score (nSPS) is 17.0. The maximum atomic E-state index is 13.9. The number of thiazole rings is 1. The van der Waals surface area contributed by atoms with Crippen LogP contribution in [0.1, 0.15) is 56.1 Å². The number of amides is 2. The van der Waals surface area contributed by atoms with Crippen molar-refractivity contribution < 1.29 is 13.2 Å². The number of aromatic nitrogens is 1. The fourth-order valence-corrected chi connectivity index (χ4v) is 7.42. The zero-order chi connectivity index (χ0) is 30.4. The second-order valence-corrected chi connectivity index (χ2v) is 14.6. The third-order valence-corrected chi connectivity index (χ3v) is 9.79. The van der Waals surface area contributed by atoms with Crippen LogP contribution in [0, 0.1) is 5.92 Å². The molecule has 1 saturated carbocycles. The van der Waals surface area contributed by atoms with Crippen molar-refractivity contribution in [2.75, 3.05) is 22.8 Å². The summed E-state index contributed by atoms with van der Waals surface area (Å²) in [5.41, 5.74) is 4.19. The maximum absolute atomic E-state index is 13.9. The second kappa shape index (κ2) is 13.9. The molecule has 1 aromatic heterocycles. The van der Waals surface area contributed by atoms with E-state index in [-0.39, 0.29) is 18.0 Å². The molecule has 2 amide bonds. The first-order valence-electron chi connectivity index (χ1n) is 14.6. The topological polar surface area (TPSA) is 91.4 Å². The number of hydrogen-bond donors (Lipinski definition) is 2. The number of carbonyl (C=O) groups is 1. The van der Waals surface area contributed by atoms with E-state index in [4.69, 9.17) is 11.6 Å². The van der Waals surface area contributed by atoms with Gasteiger partial charge in [-0.3, -0.25) is 10.0 Å².